The maximum absolute atomic E-state index is 11.9. The molecule has 0 aliphatic carbocycles. The molecule has 0 saturated carbocycles. The number of benzene rings is 1. The summed E-state index contributed by atoms with van der Waals surface area (Å²) >= 11 is 0. The summed E-state index contributed by atoms with van der Waals surface area (Å²) in [7, 11) is 3.88. The van der Waals surface area contributed by atoms with Crippen LogP contribution in [-0.2, 0) is 4.79 Å². The first kappa shape index (κ1) is 13.5. The summed E-state index contributed by atoms with van der Waals surface area (Å²) < 4.78 is 0. The van der Waals surface area contributed by atoms with Gasteiger partial charge in [-0.05, 0) is 18.1 Å². The minimum Gasteiger partial charge on any atom is -0.376 e. The van der Waals surface area contributed by atoms with E-state index in [2.05, 4.69) is 5.32 Å². The molecule has 0 aromatic heterocycles. The maximum atomic E-state index is 11.9. The molecule has 0 heterocycles. The Labute approximate surface area is 103 Å². The van der Waals surface area contributed by atoms with Gasteiger partial charge in [-0.2, -0.15) is 0 Å². The van der Waals surface area contributed by atoms with E-state index >= 15 is 0 Å². The second-order valence-electron chi connectivity index (χ2n) is 4.67. The van der Waals surface area contributed by atoms with Crippen molar-refractivity contribution in [2.45, 2.75) is 19.9 Å². The highest BCUT2D eigenvalue weighted by molar-refractivity contribution is 5.97. The van der Waals surface area contributed by atoms with Gasteiger partial charge in [0, 0.05) is 14.1 Å². The molecular weight excluding hydrogens is 214 g/mol. The highest BCUT2D eigenvalue weighted by Gasteiger charge is 2.18. The first-order chi connectivity index (χ1) is 7.93. The Hall–Kier alpha value is -1.55. The number of carbonyl (C=O) groups excluding carboxylic acids is 1. The van der Waals surface area contributed by atoms with Crippen molar-refractivity contribution in [1.82, 2.24) is 0 Å². The zero-order chi connectivity index (χ0) is 13.0. The molecule has 17 heavy (non-hydrogen) atoms. The van der Waals surface area contributed by atoms with Gasteiger partial charge in [0.25, 0.3) is 0 Å². The number of hydrogen-bond acceptors (Lipinski definition) is 3. The molecule has 1 aromatic carbocycles. The number of nitrogens with zero attached hydrogens (tertiary/aromatic N) is 1. The smallest absolute Gasteiger partial charge is 0.241 e. The zero-order valence-electron chi connectivity index (χ0n) is 10.9. The molecule has 0 unspecified atom stereocenters. The third-order valence-corrected chi connectivity index (χ3v) is 2.66. The summed E-state index contributed by atoms with van der Waals surface area (Å²) in [4.78, 5) is 13.8. The van der Waals surface area contributed by atoms with Crippen LogP contribution in [0.5, 0.6) is 0 Å². The third-order valence-electron chi connectivity index (χ3n) is 2.66. The van der Waals surface area contributed by atoms with Crippen molar-refractivity contribution in [3.63, 3.8) is 0 Å². The Morgan fingerprint density at radius 3 is 2.41 bits per heavy atom. The maximum Gasteiger partial charge on any atom is 0.241 e. The molecule has 1 rings (SSSR count). The molecule has 3 N–H and O–H groups in total. The van der Waals surface area contributed by atoms with E-state index in [9.17, 15) is 4.79 Å². The van der Waals surface area contributed by atoms with Crippen LogP contribution >= 0.6 is 0 Å². The number of amides is 1. The van der Waals surface area contributed by atoms with E-state index in [4.69, 9.17) is 5.73 Å². The lowest BCUT2D eigenvalue weighted by molar-refractivity contribution is -0.118. The van der Waals surface area contributed by atoms with Crippen LogP contribution in [0.25, 0.3) is 0 Å². The van der Waals surface area contributed by atoms with E-state index < -0.39 is 6.04 Å². The zero-order valence-corrected chi connectivity index (χ0v) is 10.9. The Kier molecular flexibility index (Phi) is 4.52. The van der Waals surface area contributed by atoms with Gasteiger partial charge < -0.3 is 16.0 Å². The van der Waals surface area contributed by atoms with Gasteiger partial charge in [-0.25, -0.2) is 0 Å². The van der Waals surface area contributed by atoms with Gasteiger partial charge in [0.05, 0.1) is 17.4 Å². The van der Waals surface area contributed by atoms with E-state index in [0.717, 1.165) is 11.4 Å². The molecule has 0 bridgehead atoms. The normalized spacial score (nSPS) is 12.4. The van der Waals surface area contributed by atoms with Crippen molar-refractivity contribution in [2.75, 3.05) is 24.3 Å². The van der Waals surface area contributed by atoms with Crippen LogP contribution in [0.2, 0.25) is 0 Å². The summed E-state index contributed by atoms with van der Waals surface area (Å²) in [6, 6.07) is 7.18. The molecule has 0 saturated heterocycles. The molecule has 4 heteroatoms. The number of carbonyl (C=O) groups is 1. The van der Waals surface area contributed by atoms with Gasteiger partial charge in [0.2, 0.25) is 5.91 Å². The molecule has 0 spiro atoms. The monoisotopic (exact) mass is 235 g/mol. The second kappa shape index (κ2) is 5.68. The molecule has 0 aliphatic rings. The Morgan fingerprint density at radius 1 is 1.29 bits per heavy atom. The Bertz CT molecular complexity index is 388. The highest BCUT2D eigenvalue weighted by atomic mass is 16.2. The fourth-order valence-corrected chi connectivity index (χ4v) is 1.49. The molecule has 4 nitrogen and oxygen atoms in total. The third kappa shape index (κ3) is 3.46. The number of nitrogens with one attached hydrogen (secondary N) is 1. The number of para-hydroxylation sites is 2. The lowest BCUT2D eigenvalue weighted by Crippen LogP contribution is -2.40. The van der Waals surface area contributed by atoms with Gasteiger partial charge in [0.15, 0.2) is 0 Å². The molecule has 1 amide bonds. The van der Waals surface area contributed by atoms with Crippen LogP contribution < -0.4 is 16.0 Å². The second-order valence-corrected chi connectivity index (χ2v) is 4.67. The minimum atomic E-state index is -0.481. The van der Waals surface area contributed by atoms with E-state index in [1.54, 1.807) is 0 Å². The summed E-state index contributed by atoms with van der Waals surface area (Å²) in [5.74, 6) is -0.0178. The quantitative estimate of drug-likeness (QED) is 0.834. The number of anilines is 2. The summed E-state index contributed by atoms with van der Waals surface area (Å²) in [5, 5.41) is 2.87. The standard InChI is InChI=1S/C13H21N3O/c1-9(2)12(14)13(17)15-10-7-5-6-8-11(10)16(3)4/h5-9,12H,14H2,1-4H3,(H,15,17)/t12-/m1/s1. The fourth-order valence-electron chi connectivity index (χ4n) is 1.49. The van der Waals surface area contributed by atoms with Crippen molar-refractivity contribution in [3.05, 3.63) is 24.3 Å². The van der Waals surface area contributed by atoms with Crippen molar-refractivity contribution >= 4 is 17.3 Å². The molecule has 0 radical (unpaired) electrons. The first-order valence-corrected chi connectivity index (χ1v) is 5.76. The van der Waals surface area contributed by atoms with Gasteiger partial charge >= 0.3 is 0 Å². The van der Waals surface area contributed by atoms with Crippen molar-refractivity contribution in [1.29, 1.82) is 0 Å². The van der Waals surface area contributed by atoms with E-state index in [-0.39, 0.29) is 11.8 Å². The van der Waals surface area contributed by atoms with Crippen molar-refractivity contribution in [3.8, 4) is 0 Å². The van der Waals surface area contributed by atoms with Crippen LogP contribution in [0.4, 0.5) is 11.4 Å². The van der Waals surface area contributed by atoms with Gasteiger partial charge in [-0.1, -0.05) is 26.0 Å². The molecule has 1 atom stereocenters. The van der Waals surface area contributed by atoms with Crippen molar-refractivity contribution in [2.24, 2.45) is 11.7 Å². The lowest BCUT2D eigenvalue weighted by atomic mass is 10.0. The first-order valence-electron chi connectivity index (χ1n) is 5.76. The molecular formula is C13H21N3O. The molecule has 0 fully saturated rings. The van der Waals surface area contributed by atoms with Crippen molar-refractivity contribution < 1.29 is 4.79 Å². The van der Waals surface area contributed by atoms with Crippen LogP contribution in [0.1, 0.15) is 13.8 Å². The molecule has 0 aliphatic heterocycles. The van der Waals surface area contributed by atoms with E-state index in [1.807, 2.05) is 57.1 Å². The van der Waals surface area contributed by atoms with Crippen LogP contribution in [-0.4, -0.2) is 26.0 Å². The minimum absolute atomic E-state index is 0.126. The number of hydrogen-bond donors (Lipinski definition) is 2. The van der Waals surface area contributed by atoms with E-state index in [0.29, 0.717) is 0 Å². The van der Waals surface area contributed by atoms with Crippen LogP contribution in [0, 0.1) is 5.92 Å². The Balaban J connectivity index is 2.85. The van der Waals surface area contributed by atoms with Crippen LogP contribution in [0.3, 0.4) is 0 Å². The summed E-state index contributed by atoms with van der Waals surface area (Å²) in [6.07, 6.45) is 0. The average molecular weight is 235 g/mol. The largest absolute Gasteiger partial charge is 0.376 e. The number of nitrogens with two attached hydrogens (primary N) is 1. The summed E-state index contributed by atoms with van der Waals surface area (Å²) in [5.41, 5.74) is 7.57. The van der Waals surface area contributed by atoms with Gasteiger partial charge in [-0.15, -0.1) is 0 Å². The predicted octanol–water partition coefficient (Wildman–Crippen LogP) is 1.67. The topological polar surface area (TPSA) is 58.4 Å². The van der Waals surface area contributed by atoms with Gasteiger partial charge in [0.1, 0.15) is 0 Å². The highest BCUT2D eigenvalue weighted by Crippen LogP contribution is 2.23. The summed E-state index contributed by atoms with van der Waals surface area (Å²) in [6.45, 7) is 3.87. The van der Waals surface area contributed by atoms with Crippen LogP contribution in [0.15, 0.2) is 24.3 Å². The molecule has 1 aromatic rings. The van der Waals surface area contributed by atoms with E-state index in [1.165, 1.54) is 0 Å². The average Bonchev–Trinajstić information content (AvgIpc) is 2.28. The van der Waals surface area contributed by atoms with Gasteiger partial charge in [-0.3, -0.25) is 4.79 Å². The predicted molar refractivity (Wildman–Crippen MR) is 72.2 cm³/mol. The Morgan fingerprint density at radius 2 is 1.88 bits per heavy atom. The lowest BCUT2D eigenvalue weighted by Gasteiger charge is -2.20. The SMILES string of the molecule is CC(C)[C@@H](N)C(=O)Nc1ccccc1N(C)C. The molecule has 94 valence electrons. The number of rotatable bonds is 4. The fraction of sp³-hybridized carbons (Fsp3) is 0.462.